The Bertz CT molecular complexity index is 1010. The van der Waals surface area contributed by atoms with Gasteiger partial charge in [0.25, 0.3) is 5.91 Å². The molecule has 2 atom stereocenters. The van der Waals surface area contributed by atoms with Crippen molar-refractivity contribution in [3.63, 3.8) is 0 Å². The number of rotatable bonds is 7. The van der Waals surface area contributed by atoms with Crippen molar-refractivity contribution in [2.75, 3.05) is 44.6 Å². The Morgan fingerprint density at radius 2 is 2.25 bits per heavy atom. The second-order valence-corrected chi connectivity index (χ2v) is 8.49. The zero-order chi connectivity index (χ0) is 22.6. The summed E-state index contributed by atoms with van der Waals surface area (Å²) in [6, 6.07) is 4.40. The van der Waals surface area contributed by atoms with Gasteiger partial charge in [-0.3, -0.25) is 4.79 Å². The molecule has 1 aromatic heterocycles. The summed E-state index contributed by atoms with van der Waals surface area (Å²) in [5.74, 6) is 0.221. The van der Waals surface area contributed by atoms with Gasteiger partial charge in [0, 0.05) is 36.6 Å². The molecule has 9 nitrogen and oxygen atoms in total. The van der Waals surface area contributed by atoms with E-state index >= 15 is 0 Å². The van der Waals surface area contributed by atoms with Crippen molar-refractivity contribution in [1.82, 2.24) is 9.97 Å². The number of hydrogen-bond acceptors (Lipinski definition) is 9. The van der Waals surface area contributed by atoms with Crippen LogP contribution in [-0.2, 0) is 15.0 Å². The first-order chi connectivity index (χ1) is 15.5. The lowest BCUT2D eigenvalue weighted by molar-refractivity contribution is 0.00304. The molecule has 2 aliphatic rings. The molecule has 1 aromatic carbocycles. The van der Waals surface area contributed by atoms with Crippen LogP contribution in [0.3, 0.4) is 0 Å². The molecule has 0 saturated carbocycles. The topological polar surface area (TPSA) is 121 Å². The molecule has 2 aromatic rings. The molecule has 0 bridgehead atoms. The number of amides is 1. The Labute approximate surface area is 189 Å². The van der Waals surface area contributed by atoms with Crippen molar-refractivity contribution < 1.29 is 23.4 Å². The van der Waals surface area contributed by atoms with Crippen molar-refractivity contribution in [3.05, 3.63) is 47.7 Å². The number of aromatic nitrogens is 2. The predicted molar refractivity (Wildman–Crippen MR) is 118 cm³/mol. The van der Waals surface area contributed by atoms with Gasteiger partial charge in [-0.15, -0.1) is 0 Å². The molecule has 0 radical (unpaired) electrons. The van der Waals surface area contributed by atoms with E-state index in [0.29, 0.717) is 36.2 Å². The highest BCUT2D eigenvalue weighted by molar-refractivity contribution is 8.13. The van der Waals surface area contributed by atoms with Crippen molar-refractivity contribution in [2.45, 2.75) is 12.0 Å². The SMILES string of the molecule is COCCOc1cnc(C(=O)Nc2ccc(F)c(C34COCCC3CSC(N)=N4)c2)cn1. The average molecular weight is 462 g/mol. The summed E-state index contributed by atoms with van der Waals surface area (Å²) in [7, 11) is 1.57. The van der Waals surface area contributed by atoms with Gasteiger partial charge >= 0.3 is 0 Å². The van der Waals surface area contributed by atoms with E-state index in [1.807, 2.05) is 0 Å². The van der Waals surface area contributed by atoms with E-state index in [-0.39, 0.29) is 24.1 Å². The number of aliphatic imine (C=N–C) groups is 1. The summed E-state index contributed by atoms with van der Waals surface area (Å²) in [4.78, 5) is 25.4. The van der Waals surface area contributed by atoms with Crippen LogP contribution in [-0.4, -0.2) is 60.3 Å². The summed E-state index contributed by atoms with van der Waals surface area (Å²) in [5, 5.41) is 3.15. The molecule has 0 aliphatic carbocycles. The number of nitrogens with two attached hydrogens (primary N) is 1. The van der Waals surface area contributed by atoms with Gasteiger partial charge in [-0.1, -0.05) is 11.8 Å². The van der Waals surface area contributed by atoms with Gasteiger partial charge in [0.15, 0.2) is 5.17 Å². The van der Waals surface area contributed by atoms with E-state index < -0.39 is 17.3 Å². The first-order valence-electron chi connectivity index (χ1n) is 10.1. The highest BCUT2D eigenvalue weighted by Gasteiger charge is 2.47. The number of anilines is 1. The highest BCUT2D eigenvalue weighted by Crippen LogP contribution is 2.45. The molecular formula is C21H24FN5O4S. The normalized spacial score (nSPS) is 22.6. The number of nitrogens with one attached hydrogen (secondary N) is 1. The fourth-order valence-electron chi connectivity index (χ4n) is 3.79. The Kier molecular flexibility index (Phi) is 6.87. The molecular weight excluding hydrogens is 437 g/mol. The first kappa shape index (κ1) is 22.4. The molecule has 4 rings (SSSR count). The van der Waals surface area contributed by atoms with Crippen LogP contribution >= 0.6 is 11.8 Å². The number of ether oxygens (including phenoxy) is 3. The smallest absolute Gasteiger partial charge is 0.275 e. The molecule has 3 N–H and O–H groups in total. The first-order valence-corrected chi connectivity index (χ1v) is 11.1. The van der Waals surface area contributed by atoms with E-state index in [4.69, 9.17) is 19.9 Å². The molecule has 2 unspecified atom stereocenters. The molecule has 1 fully saturated rings. The Morgan fingerprint density at radius 1 is 1.38 bits per heavy atom. The number of hydrogen-bond donors (Lipinski definition) is 2. The minimum absolute atomic E-state index is 0.0884. The van der Waals surface area contributed by atoms with Crippen LogP contribution in [0, 0.1) is 11.7 Å². The summed E-state index contributed by atoms with van der Waals surface area (Å²) in [5.41, 5.74) is 5.96. The molecule has 32 heavy (non-hydrogen) atoms. The number of fused-ring (bicyclic) bond motifs is 1. The zero-order valence-electron chi connectivity index (χ0n) is 17.5. The van der Waals surface area contributed by atoms with Crippen molar-refractivity contribution >= 4 is 28.5 Å². The number of amidine groups is 1. The lowest BCUT2D eigenvalue weighted by Crippen LogP contribution is -2.48. The molecule has 0 spiro atoms. The molecule has 11 heteroatoms. The van der Waals surface area contributed by atoms with Gasteiger partial charge in [0.05, 0.1) is 25.6 Å². The summed E-state index contributed by atoms with van der Waals surface area (Å²) in [6.45, 7) is 1.58. The number of methoxy groups -OCH3 is 1. The maximum atomic E-state index is 14.9. The fourth-order valence-corrected chi connectivity index (χ4v) is 4.84. The van der Waals surface area contributed by atoms with Gasteiger partial charge in [-0.25, -0.2) is 19.4 Å². The molecule has 3 heterocycles. The number of thioether (sulfide) groups is 1. The van der Waals surface area contributed by atoms with Gasteiger partial charge in [-0.2, -0.15) is 0 Å². The minimum Gasteiger partial charge on any atom is -0.474 e. The number of halogens is 1. The van der Waals surface area contributed by atoms with E-state index in [2.05, 4.69) is 20.3 Å². The molecule has 2 aliphatic heterocycles. The van der Waals surface area contributed by atoms with E-state index in [9.17, 15) is 9.18 Å². The average Bonchev–Trinajstić information content (AvgIpc) is 2.80. The van der Waals surface area contributed by atoms with Crippen molar-refractivity contribution in [3.8, 4) is 5.88 Å². The van der Waals surface area contributed by atoms with Crippen molar-refractivity contribution in [2.24, 2.45) is 16.6 Å². The highest BCUT2D eigenvalue weighted by atomic mass is 32.2. The number of carbonyl (C=O) groups is 1. The fraction of sp³-hybridized carbons (Fsp3) is 0.429. The number of carbonyl (C=O) groups excluding carboxylic acids is 1. The van der Waals surface area contributed by atoms with Crippen molar-refractivity contribution in [1.29, 1.82) is 0 Å². The zero-order valence-corrected chi connectivity index (χ0v) is 18.4. The minimum atomic E-state index is -0.903. The molecule has 1 amide bonds. The maximum Gasteiger partial charge on any atom is 0.275 e. The van der Waals surface area contributed by atoms with Crippen LogP contribution in [0.5, 0.6) is 5.88 Å². The maximum absolute atomic E-state index is 14.9. The van der Waals surface area contributed by atoms with Gasteiger partial charge < -0.3 is 25.3 Å². The predicted octanol–water partition coefficient (Wildman–Crippen LogP) is 2.19. The lowest BCUT2D eigenvalue weighted by atomic mass is 9.76. The number of nitrogens with zero attached hydrogens (tertiary/aromatic N) is 3. The van der Waals surface area contributed by atoms with Gasteiger partial charge in [0.2, 0.25) is 5.88 Å². The Morgan fingerprint density at radius 3 is 3.03 bits per heavy atom. The van der Waals surface area contributed by atoms with E-state index in [1.165, 1.54) is 36.3 Å². The van der Waals surface area contributed by atoms with Crippen LogP contribution in [0.4, 0.5) is 10.1 Å². The standard InChI is InChI=1S/C21H24FN5O4S/c1-29-6-7-31-18-10-24-17(9-25-18)19(28)26-14-2-3-16(22)15(8-14)21-12-30-5-4-13(21)11-32-20(23)27-21/h2-3,8-10,13H,4-7,11-12H2,1H3,(H2,23,27)(H,26,28). The lowest BCUT2D eigenvalue weighted by Gasteiger charge is -2.43. The Hall–Kier alpha value is -2.76. The molecule has 1 saturated heterocycles. The quantitative estimate of drug-likeness (QED) is 0.602. The third-order valence-corrected chi connectivity index (χ3v) is 6.40. The van der Waals surface area contributed by atoms with Crippen LogP contribution in [0.2, 0.25) is 0 Å². The number of benzene rings is 1. The Balaban J connectivity index is 1.54. The third-order valence-electron chi connectivity index (χ3n) is 5.44. The van der Waals surface area contributed by atoms with Crippen LogP contribution in [0.15, 0.2) is 35.6 Å². The summed E-state index contributed by atoms with van der Waals surface area (Å²) < 4.78 is 30.9. The van der Waals surface area contributed by atoms with Crippen LogP contribution in [0.1, 0.15) is 22.5 Å². The van der Waals surface area contributed by atoms with Crippen LogP contribution in [0.25, 0.3) is 0 Å². The second kappa shape index (κ2) is 9.80. The third kappa shape index (κ3) is 4.69. The van der Waals surface area contributed by atoms with Gasteiger partial charge in [-0.05, 0) is 24.6 Å². The largest absolute Gasteiger partial charge is 0.474 e. The summed E-state index contributed by atoms with van der Waals surface area (Å²) in [6.07, 6.45) is 3.43. The van der Waals surface area contributed by atoms with Gasteiger partial charge in [0.1, 0.15) is 23.7 Å². The van der Waals surface area contributed by atoms with E-state index in [0.717, 1.165) is 12.2 Å². The van der Waals surface area contributed by atoms with Crippen LogP contribution < -0.4 is 15.8 Å². The van der Waals surface area contributed by atoms with E-state index in [1.54, 1.807) is 13.2 Å². The molecule has 170 valence electrons. The summed E-state index contributed by atoms with van der Waals surface area (Å²) >= 11 is 1.47. The monoisotopic (exact) mass is 461 g/mol. The second-order valence-electron chi connectivity index (χ2n) is 7.45.